The van der Waals surface area contributed by atoms with E-state index in [4.69, 9.17) is 32.7 Å². The maximum Gasteiger partial charge on any atom is 0.248 e. The highest BCUT2D eigenvalue weighted by Gasteiger charge is 2.08. The number of benzene rings is 3. The Kier molecular flexibility index (Phi) is 7.33. The zero-order valence-electron chi connectivity index (χ0n) is 16.0. The Morgan fingerprint density at radius 3 is 2.40 bits per heavy atom. The number of rotatable bonds is 7. The summed E-state index contributed by atoms with van der Waals surface area (Å²) in [4.78, 5) is 12.2. The number of carbonyl (C=O) groups excluding carboxylic acids is 1. The smallest absolute Gasteiger partial charge is 0.248 e. The third-order valence-electron chi connectivity index (χ3n) is 4.13. The number of hydrogen-bond acceptors (Lipinski definition) is 3. The highest BCUT2D eigenvalue weighted by molar-refractivity contribution is 6.39. The van der Waals surface area contributed by atoms with Crippen LogP contribution in [0.4, 0.5) is 10.1 Å². The minimum Gasteiger partial charge on any atom is -0.493 e. The van der Waals surface area contributed by atoms with E-state index in [1.54, 1.807) is 54.6 Å². The second kappa shape index (κ2) is 10.1. The maximum atomic E-state index is 13.0. The quantitative estimate of drug-likeness (QED) is 0.429. The van der Waals surface area contributed by atoms with Gasteiger partial charge in [-0.1, -0.05) is 47.5 Å². The molecule has 30 heavy (non-hydrogen) atoms. The summed E-state index contributed by atoms with van der Waals surface area (Å²) in [5.41, 5.74) is 1.93. The van der Waals surface area contributed by atoms with E-state index in [0.29, 0.717) is 27.2 Å². The van der Waals surface area contributed by atoms with E-state index in [-0.39, 0.29) is 18.3 Å². The number of hydrogen-bond donors (Lipinski definition) is 1. The number of methoxy groups -OCH3 is 1. The summed E-state index contributed by atoms with van der Waals surface area (Å²) in [6.45, 7) is 0.271. The third-order valence-corrected chi connectivity index (χ3v) is 4.76. The molecule has 3 aromatic carbocycles. The van der Waals surface area contributed by atoms with E-state index < -0.39 is 0 Å². The number of halogens is 3. The van der Waals surface area contributed by atoms with Crippen LogP contribution in [0.2, 0.25) is 10.0 Å². The molecule has 0 aliphatic heterocycles. The molecule has 7 heteroatoms. The van der Waals surface area contributed by atoms with Gasteiger partial charge in [-0.15, -0.1) is 0 Å². The molecule has 0 fully saturated rings. The average Bonchev–Trinajstić information content (AvgIpc) is 2.75. The van der Waals surface area contributed by atoms with Gasteiger partial charge in [0.15, 0.2) is 11.5 Å². The molecule has 0 aliphatic rings. The Morgan fingerprint density at radius 2 is 1.73 bits per heavy atom. The van der Waals surface area contributed by atoms with Crippen molar-refractivity contribution in [2.75, 3.05) is 12.4 Å². The van der Waals surface area contributed by atoms with Crippen molar-refractivity contribution in [1.82, 2.24) is 0 Å². The first kappa shape index (κ1) is 21.7. The first-order chi connectivity index (χ1) is 14.5. The van der Waals surface area contributed by atoms with Crippen LogP contribution in [-0.4, -0.2) is 13.0 Å². The Balaban J connectivity index is 1.66. The lowest BCUT2D eigenvalue weighted by atomic mass is 10.2. The van der Waals surface area contributed by atoms with Gasteiger partial charge in [0.1, 0.15) is 12.4 Å². The van der Waals surface area contributed by atoms with Crippen LogP contribution in [0.25, 0.3) is 6.08 Å². The summed E-state index contributed by atoms with van der Waals surface area (Å²) in [7, 11) is 1.53. The molecule has 1 amide bonds. The molecule has 0 bridgehead atoms. The van der Waals surface area contributed by atoms with Crippen molar-refractivity contribution in [2.45, 2.75) is 6.61 Å². The largest absolute Gasteiger partial charge is 0.493 e. The van der Waals surface area contributed by atoms with Crippen molar-refractivity contribution in [1.29, 1.82) is 0 Å². The second-order valence-corrected chi connectivity index (χ2v) is 7.06. The molecular weight excluding hydrogens is 428 g/mol. The minimum absolute atomic E-state index is 0.271. The molecule has 3 aromatic rings. The Hall–Kier alpha value is -3.02. The van der Waals surface area contributed by atoms with Gasteiger partial charge >= 0.3 is 0 Å². The molecule has 154 valence electrons. The summed E-state index contributed by atoms with van der Waals surface area (Å²) < 4.78 is 24.1. The molecule has 1 N–H and O–H groups in total. The summed E-state index contributed by atoms with van der Waals surface area (Å²) in [6, 6.07) is 16.3. The normalized spacial score (nSPS) is 10.8. The lowest BCUT2D eigenvalue weighted by molar-refractivity contribution is -0.111. The fraction of sp³-hybridized carbons (Fsp3) is 0.0870. The highest BCUT2D eigenvalue weighted by Crippen LogP contribution is 2.31. The summed E-state index contributed by atoms with van der Waals surface area (Å²) in [5, 5.41) is 3.37. The van der Waals surface area contributed by atoms with Crippen molar-refractivity contribution in [3.05, 3.63) is 93.7 Å². The van der Waals surface area contributed by atoms with Gasteiger partial charge in [-0.3, -0.25) is 4.79 Å². The van der Waals surface area contributed by atoms with Crippen LogP contribution < -0.4 is 14.8 Å². The van der Waals surface area contributed by atoms with Crippen molar-refractivity contribution >= 4 is 40.9 Å². The van der Waals surface area contributed by atoms with Gasteiger partial charge in [-0.05, 0) is 53.6 Å². The lowest BCUT2D eigenvalue weighted by Crippen LogP contribution is -2.08. The molecule has 0 saturated heterocycles. The zero-order valence-corrected chi connectivity index (χ0v) is 17.5. The van der Waals surface area contributed by atoms with Crippen LogP contribution >= 0.6 is 23.2 Å². The van der Waals surface area contributed by atoms with Crippen LogP contribution in [0.3, 0.4) is 0 Å². The molecule has 0 radical (unpaired) electrons. The second-order valence-electron chi connectivity index (χ2n) is 6.24. The molecular formula is C23H18Cl2FNO3. The number of anilines is 1. The molecule has 0 spiro atoms. The van der Waals surface area contributed by atoms with E-state index in [1.807, 2.05) is 0 Å². The first-order valence-corrected chi connectivity index (χ1v) is 9.70. The number of nitrogens with one attached hydrogen (secondary N) is 1. The van der Waals surface area contributed by atoms with Gasteiger partial charge < -0.3 is 14.8 Å². The average molecular weight is 446 g/mol. The van der Waals surface area contributed by atoms with Gasteiger partial charge in [0, 0.05) is 6.08 Å². The molecule has 3 rings (SSSR count). The van der Waals surface area contributed by atoms with E-state index in [1.165, 1.54) is 25.3 Å². The highest BCUT2D eigenvalue weighted by atomic mass is 35.5. The number of carbonyl (C=O) groups is 1. The number of ether oxygens (including phenoxy) is 2. The SMILES string of the molecule is COc1cc(/C=C/C(=O)Nc2c(Cl)cccc2Cl)ccc1OCc1ccc(F)cc1. The van der Waals surface area contributed by atoms with E-state index in [9.17, 15) is 9.18 Å². The summed E-state index contributed by atoms with van der Waals surface area (Å²) in [6.07, 6.45) is 3.00. The van der Waals surface area contributed by atoms with Crippen molar-refractivity contribution in [2.24, 2.45) is 0 Å². The van der Waals surface area contributed by atoms with Gasteiger partial charge in [-0.2, -0.15) is 0 Å². The number of para-hydroxylation sites is 1. The summed E-state index contributed by atoms with van der Waals surface area (Å²) >= 11 is 12.1. The van der Waals surface area contributed by atoms with Crippen molar-refractivity contribution in [3.8, 4) is 11.5 Å². The minimum atomic E-state index is -0.374. The fourth-order valence-corrected chi connectivity index (χ4v) is 3.09. The molecule has 0 saturated carbocycles. The standard InChI is InChI=1S/C23H18Cl2FNO3/c1-29-21-13-15(7-11-20(21)30-14-16-5-9-17(26)10-6-16)8-12-22(28)27-23-18(24)3-2-4-19(23)25/h2-13H,14H2,1H3,(H,27,28)/b12-8+. The van der Waals surface area contributed by atoms with Crippen molar-refractivity contribution in [3.63, 3.8) is 0 Å². The van der Waals surface area contributed by atoms with E-state index >= 15 is 0 Å². The van der Waals surface area contributed by atoms with E-state index in [2.05, 4.69) is 5.32 Å². The molecule has 0 unspecified atom stereocenters. The summed E-state index contributed by atoms with van der Waals surface area (Å²) in [5.74, 6) is 0.369. The monoisotopic (exact) mass is 445 g/mol. The van der Waals surface area contributed by atoms with Gasteiger partial charge in [-0.25, -0.2) is 4.39 Å². The van der Waals surface area contributed by atoms with Gasteiger partial charge in [0.25, 0.3) is 0 Å². The Morgan fingerprint density at radius 1 is 1.03 bits per heavy atom. The molecule has 0 aromatic heterocycles. The van der Waals surface area contributed by atoms with Crippen LogP contribution in [0.15, 0.2) is 66.7 Å². The molecule has 0 atom stereocenters. The van der Waals surface area contributed by atoms with Crippen molar-refractivity contribution < 1.29 is 18.7 Å². The predicted molar refractivity (Wildman–Crippen MR) is 118 cm³/mol. The third kappa shape index (κ3) is 5.75. The van der Waals surface area contributed by atoms with Crippen LogP contribution in [-0.2, 0) is 11.4 Å². The first-order valence-electron chi connectivity index (χ1n) is 8.94. The molecule has 0 aliphatic carbocycles. The van der Waals surface area contributed by atoms with Gasteiger partial charge in [0.2, 0.25) is 5.91 Å². The lowest BCUT2D eigenvalue weighted by Gasteiger charge is -2.11. The Labute approximate surface area is 183 Å². The van der Waals surface area contributed by atoms with Gasteiger partial charge in [0.05, 0.1) is 22.8 Å². The number of amides is 1. The van der Waals surface area contributed by atoms with Crippen LogP contribution in [0.5, 0.6) is 11.5 Å². The van der Waals surface area contributed by atoms with Crippen LogP contribution in [0, 0.1) is 5.82 Å². The predicted octanol–water partition coefficient (Wildman–Crippen LogP) is 6.37. The van der Waals surface area contributed by atoms with Crippen LogP contribution in [0.1, 0.15) is 11.1 Å². The maximum absolute atomic E-state index is 13.0. The topological polar surface area (TPSA) is 47.6 Å². The zero-order chi connectivity index (χ0) is 21.5. The van der Waals surface area contributed by atoms with E-state index in [0.717, 1.165) is 11.1 Å². The Bertz CT molecular complexity index is 1050. The molecule has 4 nitrogen and oxygen atoms in total. The fourth-order valence-electron chi connectivity index (χ4n) is 2.60. The molecule has 0 heterocycles.